The summed E-state index contributed by atoms with van der Waals surface area (Å²) < 4.78 is 35.0. The van der Waals surface area contributed by atoms with Crippen LogP contribution >= 0.6 is 0 Å². The first-order valence-corrected chi connectivity index (χ1v) is 12.4. The quantitative estimate of drug-likeness (QED) is 0.429. The van der Waals surface area contributed by atoms with Crippen LogP contribution in [-0.2, 0) is 10.0 Å². The van der Waals surface area contributed by atoms with E-state index in [0.717, 1.165) is 16.8 Å². The molecule has 3 heterocycles. The molecule has 10 nitrogen and oxygen atoms in total. The van der Waals surface area contributed by atoms with Gasteiger partial charge < -0.3 is 9.64 Å². The van der Waals surface area contributed by atoms with E-state index < -0.39 is 10.0 Å². The Balaban J connectivity index is 1.39. The number of rotatable bonds is 5. The first-order valence-electron chi connectivity index (χ1n) is 10.9. The van der Waals surface area contributed by atoms with Gasteiger partial charge in [0.05, 0.1) is 17.7 Å². The minimum atomic E-state index is -3.57. The summed E-state index contributed by atoms with van der Waals surface area (Å²) in [5.74, 6) is 1.35. The van der Waals surface area contributed by atoms with Gasteiger partial charge in [-0.15, -0.1) is 5.10 Å². The molecule has 1 saturated heterocycles. The number of aryl methyl sites for hydroxylation is 2. The topological polar surface area (TPSA) is 106 Å². The number of ether oxygens (including phenoxy) is 1. The van der Waals surface area contributed by atoms with E-state index in [0.29, 0.717) is 53.8 Å². The Morgan fingerprint density at radius 3 is 2.50 bits per heavy atom. The van der Waals surface area contributed by atoms with Crippen LogP contribution in [0.15, 0.2) is 53.7 Å². The zero-order chi connectivity index (χ0) is 23.9. The Labute approximate surface area is 197 Å². The molecular weight excluding hydrogens is 454 g/mol. The van der Waals surface area contributed by atoms with E-state index in [1.165, 1.54) is 10.6 Å². The molecule has 0 spiro atoms. The number of hydrogen-bond donors (Lipinski definition) is 0. The number of benzene rings is 2. The van der Waals surface area contributed by atoms with Gasteiger partial charge in [0, 0.05) is 32.2 Å². The fourth-order valence-electron chi connectivity index (χ4n) is 4.25. The van der Waals surface area contributed by atoms with Crippen LogP contribution in [0.5, 0.6) is 5.75 Å². The second kappa shape index (κ2) is 8.65. The molecule has 0 saturated carbocycles. The number of fused-ring (bicyclic) bond motifs is 1. The molecule has 1 fully saturated rings. The van der Waals surface area contributed by atoms with Crippen molar-refractivity contribution in [1.82, 2.24) is 29.3 Å². The van der Waals surface area contributed by atoms with Gasteiger partial charge in [0.25, 0.3) is 0 Å². The zero-order valence-electron chi connectivity index (χ0n) is 19.2. The van der Waals surface area contributed by atoms with Crippen LogP contribution in [0, 0.1) is 13.8 Å². The highest BCUT2D eigenvalue weighted by molar-refractivity contribution is 7.89. The average molecular weight is 480 g/mol. The van der Waals surface area contributed by atoms with Gasteiger partial charge in [-0.1, -0.05) is 29.0 Å². The Morgan fingerprint density at radius 1 is 0.971 bits per heavy atom. The van der Waals surface area contributed by atoms with Gasteiger partial charge >= 0.3 is 0 Å². The van der Waals surface area contributed by atoms with E-state index in [-0.39, 0.29) is 0 Å². The van der Waals surface area contributed by atoms with E-state index in [1.807, 2.05) is 55.1 Å². The third-order valence-electron chi connectivity index (χ3n) is 6.00. The summed E-state index contributed by atoms with van der Waals surface area (Å²) in [5, 5.41) is 8.62. The maximum Gasteiger partial charge on any atom is 0.243 e. The van der Waals surface area contributed by atoms with E-state index in [2.05, 4.69) is 20.3 Å². The van der Waals surface area contributed by atoms with Gasteiger partial charge in [0.1, 0.15) is 12.1 Å². The lowest BCUT2D eigenvalue weighted by atomic mass is 10.2. The molecule has 0 aliphatic carbocycles. The van der Waals surface area contributed by atoms with Gasteiger partial charge in [-0.25, -0.2) is 18.4 Å². The van der Waals surface area contributed by atoms with Crippen LogP contribution in [-0.4, -0.2) is 71.0 Å². The molecule has 176 valence electrons. The summed E-state index contributed by atoms with van der Waals surface area (Å²) in [6, 6.07) is 12.9. The Morgan fingerprint density at radius 2 is 1.76 bits per heavy atom. The van der Waals surface area contributed by atoms with Crippen LogP contribution in [0.2, 0.25) is 0 Å². The molecule has 1 aliphatic heterocycles. The van der Waals surface area contributed by atoms with Crippen LogP contribution in [0.3, 0.4) is 0 Å². The van der Waals surface area contributed by atoms with Crippen molar-refractivity contribution in [3.8, 4) is 11.4 Å². The molecule has 4 aromatic rings. The van der Waals surface area contributed by atoms with Gasteiger partial charge in [-0.3, -0.25) is 0 Å². The first kappa shape index (κ1) is 22.2. The number of piperazine rings is 1. The van der Waals surface area contributed by atoms with Gasteiger partial charge in [0.2, 0.25) is 10.0 Å². The lowest BCUT2D eigenvalue weighted by molar-refractivity contribution is 0.384. The zero-order valence-corrected chi connectivity index (χ0v) is 20.0. The van der Waals surface area contributed by atoms with E-state index in [4.69, 9.17) is 4.74 Å². The number of nitrogens with zero attached hydrogens (tertiary/aromatic N) is 7. The summed E-state index contributed by atoms with van der Waals surface area (Å²) in [6.45, 7) is 5.47. The molecule has 0 N–H and O–H groups in total. The predicted molar refractivity (Wildman–Crippen MR) is 128 cm³/mol. The highest BCUT2D eigenvalue weighted by Crippen LogP contribution is 2.27. The van der Waals surface area contributed by atoms with E-state index >= 15 is 0 Å². The van der Waals surface area contributed by atoms with Crippen molar-refractivity contribution in [2.75, 3.05) is 38.2 Å². The molecule has 0 radical (unpaired) electrons. The molecule has 0 amide bonds. The SMILES string of the molecule is COc1cccc(-n2nnc3c(N4CCN(S(=O)(=O)c5ccc(C)cc5C)CC4)ncnc32)c1. The third-order valence-corrected chi connectivity index (χ3v) is 8.06. The molecule has 0 bridgehead atoms. The third kappa shape index (κ3) is 3.86. The van der Waals surface area contributed by atoms with Crippen molar-refractivity contribution in [3.63, 3.8) is 0 Å². The molecule has 2 aromatic carbocycles. The van der Waals surface area contributed by atoms with Crippen LogP contribution < -0.4 is 9.64 Å². The molecule has 2 aromatic heterocycles. The molecule has 0 unspecified atom stereocenters. The van der Waals surface area contributed by atoms with Gasteiger partial charge in [-0.05, 0) is 37.6 Å². The lowest BCUT2D eigenvalue weighted by Crippen LogP contribution is -2.49. The molecule has 1 aliphatic rings. The van der Waals surface area contributed by atoms with Crippen molar-refractivity contribution >= 4 is 27.0 Å². The second-order valence-electron chi connectivity index (χ2n) is 8.23. The molecule has 5 rings (SSSR count). The van der Waals surface area contributed by atoms with Gasteiger partial charge in [-0.2, -0.15) is 8.99 Å². The Bertz CT molecular complexity index is 1460. The summed E-state index contributed by atoms with van der Waals surface area (Å²) >= 11 is 0. The Kier molecular flexibility index (Phi) is 5.66. The summed E-state index contributed by atoms with van der Waals surface area (Å²) in [6.07, 6.45) is 1.48. The van der Waals surface area contributed by atoms with Crippen molar-refractivity contribution in [1.29, 1.82) is 0 Å². The number of aromatic nitrogens is 5. The maximum absolute atomic E-state index is 13.2. The normalized spacial score (nSPS) is 15.1. The minimum absolute atomic E-state index is 0.352. The summed E-state index contributed by atoms with van der Waals surface area (Å²) in [5.41, 5.74) is 3.71. The van der Waals surface area contributed by atoms with Crippen molar-refractivity contribution in [2.24, 2.45) is 0 Å². The molecule has 0 atom stereocenters. The highest BCUT2D eigenvalue weighted by atomic mass is 32.2. The largest absolute Gasteiger partial charge is 0.497 e. The van der Waals surface area contributed by atoms with Crippen LogP contribution in [0.25, 0.3) is 16.9 Å². The highest BCUT2D eigenvalue weighted by Gasteiger charge is 2.31. The molecule has 11 heteroatoms. The van der Waals surface area contributed by atoms with Crippen molar-refractivity contribution < 1.29 is 13.2 Å². The second-order valence-corrected chi connectivity index (χ2v) is 10.1. The summed E-state index contributed by atoms with van der Waals surface area (Å²) in [4.78, 5) is 11.2. The van der Waals surface area contributed by atoms with Crippen LogP contribution in [0.1, 0.15) is 11.1 Å². The number of anilines is 1. The van der Waals surface area contributed by atoms with E-state index in [9.17, 15) is 8.42 Å². The lowest BCUT2D eigenvalue weighted by Gasteiger charge is -2.34. The fraction of sp³-hybridized carbons (Fsp3) is 0.304. The average Bonchev–Trinajstić information content (AvgIpc) is 3.28. The Hall–Kier alpha value is -3.57. The number of hydrogen-bond acceptors (Lipinski definition) is 8. The van der Waals surface area contributed by atoms with E-state index in [1.54, 1.807) is 17.9 Å². The maximum atomic E-state index is 13.2. The minimum Gasteiger partial charge on any atom is -0.497 e. The first-order chi connectivity index (χ1) is 16.4. The standard InChI is InChI=1S/C23H25N7O3S/c1-16-7-8-20(17(2)13-16)34(31,32)29-11-9-28(10-12-29)22-21-23(25-15-24-22)30(27-26-21)18-5-4-6-19(14-18)33-3/h4-8,13-15H,9-12H2,1-3H3. The van der Waals surface area contributed by atoms with Crippen molar-refractivity contribution in [3.05, 3.63) is 59.9 Å². The predicted octanol–water partition coefficient (Wildman–Crippen LogP) is 2.35. The van der Waals surface area contributed by atoms with Crippen molar-refractivity contribution in [2.45, 2.75) is 18.7 Å². The summed E-state index contributed by atoms with van der Waals surface area (Å²) in [7, 11) is -1.96. The molecular formula is C23H25N7O3S. The number of methoxy groups -OCH3 is 1. The van der Waals surface area contributed by atoms with Crippen LogP contribution in [0.4, 0.5) is 5.82 Å². The monoisotopic (exact) mass is 479 g/mol. The smallest absolute Gasteiger partial charge is 0.243 e. The van der Waals surface area contributed by atoms with Gasteiger partial charge in [0.15, 0.2) is 17.0 Å². The molecule has 34 heavy (non-hydrogen) atoms. The fourth-order valence-corrected chi connectivity index (χ4v) is 5.88. The number of sulfonamides is 1.